The van der Waals surface area contributed by atoms with Crippen molar-refractivity contribution in [3.8, 4) is 0 Å². The summed E-state index contributed by atoms with van der Waals surface area (Å²) in [6, 6.07) is 0. The molecule has 0 N–H and O–H groups in total. The van der Waals surface area contributed by atoms with Gasteiger partial charge in [-0.15, -0.1) is 0 Å². The van der Waals surface area contributed by atoms with Crippen LogP contribution < -0.4 is 113 Å². The molecule has 140 valence electrons. The molecule has 0 aromatic rings. The van der Waals surface area contributed by atoms with Crippen LogP contribution in [0.4, 0.5) is 0 Å². The van der Waals surface area contributed by atoms with Crippen molar-refractivity contribution in [2.45, 2.75) is 84.0 Å². The fraction of sp³-hybridized carbons (Fsp3) is 0.833. The molecule has 8 heteroatoms. The van der Waals surface area contributed by atoms with Crippen LogP contribution in [0, 0.1) is 0 Å². The number of carboxylic acid groups (broad SMARTS) is 2. The Hall–Kier alpha value is 1.68. The van der Waals surface area contributed by atoms with Crippen LogP contribution in [0.5, 0.6) is 0 Å². The average Bonchev–Trinajstić information content (AvgIpc) is 2.52. The Balaban J connectivity index is -0.00000264. The van der Waals surface area contributed by atoms with E-state index in [9.17, 15) is 24.6 Å². The van der Waals surface area contributed by atoms with Crippen LogP contribution in [0.1, 0.15) is 84.0 Å². The summed E-state index contributed by atoms with van der Waals surface area (Å²) in [5.74, 6) is -2.69. The molecule has 26 heavy (non-hydrogen) atoms. The van der Waals surface area contributed by atoms with Gasteiger partial charge in [0.05, 0.1) is 0 Å². The maximum Gasteiger partial charge on any atom is 1.00 e. The zero-order chi connectivity index (χ0) is 18.2. The number of aliphatic carboxylic acids is 2. The predicted molar refractivity (Wildman–Crippen MR) is 87.7 cm³/mol. The van der Waals surface area contributed by atoms with Gasteiger partial charge in [-0.2, -0.15) is 0 Å². The second-order valence-corrected chi connectivity index (χ2v) is 6.20. The Morgan fingerprint density at radius 3 is 1.42 bits per heavy atom. The van der Waals surface area contributed by atoms with Crippen LogP contribution in [-0.2, 0) is 14.4 Å². The van der Waals surface area contributed by atoms with E-state index in [1.807, 2.05) is 0 Å². The van der Waals surface area contributed by atoms with Gasteiger partial charge in [0, 0.05) is 44.3 Å². The van der Waals surface area contributed by atoms with Crippen molar-refractivity contribution in [3.05, 3.63) is 0 Å². The first kappa shape index (κ1) is 32.4. The summed E-state index contributed by atoms with van der Waals surface area (Å²) in [6.45, 7) is 2.18. The molecule has 1 amide bonds. The first-order valence-electron chi connectivity index (χ1n) is 9.14. The number of hydrogen-bond acceptors (Lipinski definition) is 5. The van der Waals surface area contributed by atoms with Crippen LogP contribution in [0.15, 0.2) is 0 Å². The Bertz CT molecular complexity index is 363. The Morgan fingerprint density at radius 2 is 1.04 bits per heavy atom. The monoisotopic (exact) mass is 419 g/mol. The van der Waals surface area contributed by atoms with E-state index in [1.165, 1.54) is 43.4 Å². The minimum atomic E-state index is -1.25. The van der Waals surface area contributed by atoms with Gasteiger partial charge in [0.25, 0.3) is 0 Å². The Labute approximate surface area is 243 Å². The zero-order valence-corrected chi connectivity index (χ0v) is 23.1. The largest absolute Gasteiger partial charge is 1.00 e. The minimum Gasteiger partial charge on any atom is -0.550 e. The van der Waals surface area contributed by atoms with Crippen molar-refractivity contribution in [2.75, 3.05) is 13.1 Å². The van der Waals surface area contributed by atoms with Gasteiger partial charge in [0.1, 0.15) is 0 Å². The molecule has 6 nitrogen and oxygen atoms in total. The van der Waals surface area contributed by atoms with E-state index in [0.717, 1.165) is 19.3 Å². The quantitative estimate of drug-likeness (QED) is 0.184. The van der Waals surface area contributed by atoms with Crippen LogP contribution in [0.25, 0.3) is 0 Å². The van der Waals surface area contributed by atoms with Crippen LogP contribution in [0.3, 0.4) is 0 Å². The maximum absolute atomic E-state index is 12.1. The third-order valence-corrected chi connectivity index (χ3v) is 4.02. The molecule has 0 unspecified atom stereocenters. The van der Waals surface area contributed by atoms with E-state index in [2.05, 4.69) is 6.92 Å². The van der Waals surface area contributed by atoms with E-state index in [4.69, 9.17) is 0 Å². The van der Waals surface area contributed by atoms with Gasteiger partial charge in [0.15, 0.2) is 0 Å². The molecule has 0 atom stereocenters. The molecule has 0 saturated carbocycles. The van der Waals surface area contributed by atoms with Crippen LogP contribution in [0.2, 0.25) is 0 Å². The number of nitrogens with zero attached hydrogens (tertiary/aromatic N) is 1. The number of amides is 1. The first-order chi connectivity index (χ1) is 11.5. The molecule has 0 aliphatic heterocycles. The van der Waals surface area contributed by atoms with Gasteiger partial charge in [-0.25, -0.2) is 0 Å². The van der Waals surface area contributed by atoms with Crippen LogP contribution >= 0.6 is 0 Å². The Morgan fingerprint density at radius 1 is 0.654 bits per heavy atom. The number of hydrogen-bond donors (Lipinski definition) is 0. The van der Waals surface area contributed by atoms with E-state index < -0.39 is 11.9 Å². The molecule has 0 saturated heterocycles. The molecule has 0 rings (SSSR count). The molecule has 0 bridgehead atoms. The molecular weight excluding hydrogens is 388 g/mol. The zero-order valence-electron chi connectivity index (χ0n) is 16.9. The van der Waals surface area contributed by atoms with Gasteiger partial charge >= 0.3 is 103 Å². The predicted octanol–water partition coefficient (Wildman–Crippen LogP) is -4.98. The Kier molecular flexibility index (Phi) is 28.6. The SMILES string of the molecule is CCCCCCCCCCCC(=O)N(CCC(=O)[O-])CCC(=O)[O-].[K+].[K+]. The molecule has 0 radical (unpaired) electrons. The van der Waals surface area contributed by atoms with Crippen molar-refractivity contribution >= 4 is 17.8 Å². The fourth-order valence-corrected chi connectivity index (χ4v) is 2.56. The topological polar surface area (TPSA) is 101 Å². The van der Waals surface area contributed by atoms with Gasteiger partial charge in [-0.05, 0) is 6.42 Å². The van der Waals surface area contributed by atoms with Gasteiger partial charge in [-0.1, -0.05) is 58.3 Å². The van der Waals surface area contributed by atoms with Gasteiger partial charge in [0.2, 0.25) is 5.91 Å². The third kappa shape index (κ3) is 22.0. The summed E-state index contributed by atoms with van der Waals surface area (Å²) in [5, 5.41) is 21.0. The molecule has 0 aromatic heterocycles. The number of carbonyl (C=O) groups excluding carboxylic acids is 3. The maximum atomic E-state index is 12.1. The van der Waals surface area contributed by atoms with Crippen LogP contribution in [-0.4, -0.2) is 35.8 Å². The second-order valence-electron chi connectivity index (χ2n) is 6.20. The summed E-state index contributed by atoms with van der Waals surface area (Å²) in [6.07, 6.45) is 10.1. The van der Waals surface area contributed by atoms with E-state index in [0.29, 0.717) is 6.42 Å². The normalized spacial score (nSPS) is 9.73. The van der Waals surface area contributed by atoms with Crippen molar-refractivity contribution in [3.63, 3.8) is 0 Å². The van der Waals surface area contributed by atoms with Crippen molar-refractivity contribution in [1.82, 2.24) is 4.90 Å². The number of rotatable bonds is 16. The smallest absolute Gasteiger partial charge is 0.550 e. The molecule has 0 heterocycles. The standard InChI is InChI=1S/C18H33NO5.2K/c1-2-3-4-5-6-7-8-9-10-11-16(20)19(14-12-17(21)22)15-13-18(23)24;;/h2-15H2,1H3,(H,21,22)(H,23,24);;/q;2*+1/p-2. The minimum absolute atomic E-state index is 0. The molecule has 0 aromatic carbocycles. The third-order valence-electron chi connectivity index (χ3n) is 4.02. The molecule has 0 fully saturated rings. The van der Waals surface area contributed by atoms with E-state index in [-0.39, 0.29) is 135 Å². The molecule has 0 aliphatic rings. The number of unbranched alkanes of at least 4 members (excludes halogenated alkanes) is 8. The van der Waals surface area contributed by atoms with Gasteiger partial charge < -0.3 is 24.7 Å². The van der Waals surface area contributed by atoms with E-state index in [1.54, 1.807) is 0 Å². The molecular formula is C18H31K2NO5. The summed E-state index contributed by atoms with van der Waals surface area (Å²) < 4.78 is 0. The number of carboxylic acids is 2. The summed E-state index contributed by atoms with van der Waals surface area (Å²) in [4.78, 5) is 34.4. The first-order valence-corrected chi connectivity index (χ1v) is 9.14. The summed E-state index contributed by atoms with van der Waals surface area (Å²) >= 11 is 0. The van der Waals surface area contributed by atoms with Crippen molar-refractivity contribution < 1.29 is 127 Å². The van der Waals surface area contributed by atoms with Crippen molar-refractivity contribution in [1.29, 1.82) is 0 Å². The number of carbonyl (C=O) groups is 3. The summed E-state index contributed by atoms with van der Waals surface area (Å²) in [7, 11) is 0. The molecule has 0 aliphatic carbocycles. The molecule has 0 spiro atoms. The summed E-state index contributed by atoms with van der Waals surface area (Å²) in [5.41, 5.74) is 0. The fourth-order valence-electron chi connectivity index (χ4n) is 2.56. The second kappa shape index (κ2) is 23.0. The van der Waals surface area contributed by atoms with Gasteiger partial charge in [-0.3, -0.25) is 4.79 Å². The van der Waals surface area contributed by atoms with E-state index >= 15 is 0 Å². The average molecular weight is 420 g/mol. The van der Waals surface area contributed by atoms with Crippen molar-refractivity contribution in [2.24, 2.45) is 0 Å².